The topological polar surface area (TPSA) is 66.4 Å². The number of carboxylic acids is 1. The van der Waals surface area contributed by atoms with Gasteiger partial charge in [0.1, 0.15) is 5.82 Å². The van der Waals surface area contributed by atoms with Crippen LogP contribution in [0.3, 0.4) is 0 Å². The second-order valence-corrected chi connectivity index (χ2v) is 4.12. The van der Waals surface area contributed by atoms with Crippen LogP contribution < -0.4 is 5.32 Å². The molecule has 2 rings (SSSR count). The van der Waals surface area contributed by atoms with Crippen molar-refractivity contribution in [3.8, 4) is 0 Å². The van der Waals surface area contributed by atoms with Crippen LogP contribution in [0.5, 0.6) is 0 Å². The van der Waals surface area contributed by atoms with Crippen molar-refractivity contribution in [2.75, 3.05) is 0 Å². The fourth-order valence-corrected chi connectivity index (χ4v) is 2.28. The van der Waals surface area contributed by atoms with Gasteiger partial charge in [-0.15, -0.1) is 0 Å². The second-order valence-electron chi connectivity index (χ2n) is 4.12. The third kappa shape index (κ3) is 2.13. The molecule has 1 aromatic carbocycles. The number of carbonyl (C=O) groups excluding carboxylic acids is 1. The molecule has 90 valence electrons. The van der Waals surface area contributed by atoms with Crippen molar-refractivity contribution in [2.24, 2.45) is 0 Å². The number of rotatable bonds is 2. The maximum atomic E-state index is 13.3. The first-order valence-corrected chi connectivity index (χ1v) is 5.31. The van der Waals surface area contributed by atoms with Gasteiger partial charge in [0.05, 0.1) is 11.6 Å². The summed E-state index contributed by atoms with van der Waals surface area (Å²) in [5, 5.41) is 11.7. The number of aromatic carboxylic acids is 1. The van der Waals surface area contributed by atoms with E-state index in [0.717, 1.165) is 6.07 Å². The Labute approximate surface area is 97.4 Å². The summed E-state index contributed by atoms with van der Waals surface area (Å²) in [6, 6.07) is 2.04. The van der Waals surface area contributed by atoms with Gasteiger partial charge in [-0.25, -0.2) is 9.18 Å². The van der Waals surface area contributed by atoms with Gasteiger partial charge in [-0.1, -0.05) is 0 Å². The van der Waals surface area contributed by atoms with Gasteiger partial charge in [0.15, 0.2) is 0 Å². The monoisotopic (exact) mass is 237 g/mol. The van der Waals surface area contributed by atoms with Crippen molar-refractivity contribution >= 4 is 11.9 Å². The van der Waals surface area contributed by atoms with Crippen LogP contribution in [0.1, 0.15) is 40.9 Å². The Kier molecular flexibility index (Phi) is 2.83. The Morgan fingerprint density at radius 1 is 1.47 bits per heavy atom. The van der Waals surface area contributed by atoms with E-state index in [2.05, 4.69) is 5.32 Å². The van der Waals surface area contributed by atoms with Crippen LogP contribution in [-0.4, -0.2) is 17.0 Å². The zero-order valence-electron chi connectivity index (χ0n) is 9.29. The molecule has 1 aliphatic carbocycles. The average Bonchev–Trinajstić information content (AvgIpc) is 2.59. The van der Waals surface area contributed by atoms with E-state index in [1.165, 1.54) is 13.0 Å². The molecule has 1 aromatic rings. The van der Waals surface area contributed by atoms with E-state index < -0.39 is 11.8 Å². The highest BCUT2D eigenvalue weighted by molar-refractivity contribution is 5.90. The fraction of sp³-hybridized carbons (Fsp3) is 0.333. The Hall–Kier alpha value is -1.91. The van der Waals surface area contributed by atoms with E-state index in [-0.39, 0.29) is 17.5 Å². The summed E-state index contributed by atoms with van der Waals surface area (Å²) < 4.78 is 13.3. The van der Waals surface area contributed by atoms with Crippen molar-refractivity contribution in [2.45, 2.75) is 25.8 Å². The lowest BCUT2D eigenvalue weighted by Crippen LogP contribution is -2.24. The number of carboxylic acid groups (broad SMARTS) is 1. The molecule has 2 N–H and O–H groups in total. The minimum atomic E-state index is -1.13. The number of amides is 1. The van der Waals surface area contributed by atoms with Crippen molar-refractivity contribution in [3.63, 3.8) is 0 Å². The molecular formula is C12H12FNO3. The highest BCUT2D eigenvalue weighted by Crippen LogP contribution is 2.34. The number of nitrogens with one attached hydrogen (secondary N) is 1. The number of hydrogen-bond acceptors (Lipinski definition) is 2. The van der Waals surface area contributed by atoms with Gasteiger partial charge in [-0.3, -0.25) is 4.79 Å². The van der Waals surface area contributed by atoms with Gasteiger partial charge in [-0.05, 0) is 36.1 Å². The standard InChI is InChI=1S/C12H12FNO3/c1-6(15)14-11-3-2-8-9(11)4-7(13)5-10(8)12(16)17/h4-5,11H,2-3H2,1H3,(H,14,15)(H,16,17). The van der Waals surface area contributed by atoms with Crippen LogP contribution in [0.2, 0.25) is 0 Å². The lowest BCUT2D eigenvalue weighted by molar-refractivity contribution is -0.119. The van der Waals surface area contributed by atoms with Crippen LogP contribution in [0, 0.1) is 5.82 Å². The zero-order chi connectivity index (χ0) is 12.6. The molecule has 0 heterocycles. The third-order valence-electron chi connectivity index (χ3n) is 2.92. The summed E-state index contributed by atoms with van der Waals surface area (Å²) in [6.07, 6.45) is 1.15. The van der Waals surface area contributed by atoms with E-state index in [1.807, 2.05) is 0 Å². The first-order valence-electron chi connectivity index (χ1n) is 5.31. The number of benzene rings is 1. The molecular weight excluding hydrogens is 225 g/mol. The quantitative estimate of drug-likeness (QED) is 0.821. The molecule has 5 heteroatoms. The molecule has 0 spiro atoms. The lowest BCUT2D eigenvalue weighted by Gasteiger charge is -2.13. The van der Waals surface area contributed by atoms with E-state index >= 15 is 0 Å². The third-order valence-corrected chi connectivity index (χ3v) is 2.92. The molecule has 1 aliphatic rings. The molecule has 0 aliphatic heterocycles. The normalized spacial score (nSPS) is 17.6. The minimum absolute atomic E-state index is 0.00662. The summed E-state index contributed by atoms with van der Waals surface area (Å²) in [7, 11) is 0. The summed E-state index contributed by atoms with van der Waals surface area (Å²) >= 11 is 0. The highest BCUT2D eigenvalue weighted by Gasteiger charge is 2.28. The molecule has 0 radical (unpaired) electrons. The molecule has 1 atom stereocenters. The second kappa shape index (κ2) is 4.16. The zero-order valence-corrected chi connectivity index (χ0v) is 9.29. The van der Waals surface area contributed by atoms with Crippen LogP contribution in [-0.2, 0) is 11.2 Å². The van der Waals surface area contributed by atoms with Gasteiger partial charge in [0.2, 0.25) is 5.91 Å². The molecule has 1 amide bonds. The minimum Gasteiger partial charge on any atom is -0.478 e. The first kappa shape index (κ1) is 11.6. The molecule has 17 heavy (non-hydrogen) atoms. The SMILES string of the molecule is CC(=O)NC1CCc2c(C(=O)O)cc(F)cc21. The molecule has 0 fully saturated rings. The van der Waals surface area contributed by atoms with Crippen molar-refractivity contribution in [3.05, 3.63) is 34.6 Å². The van der Waals surface area contributed by atoms with Crippen molar-refractivity contribution in [1.82, 2.24) is 5.32 Å². The predicted octanol–water partition coefficient (Wildman–Crippen LogP) is 1.65. The largest absolute Gasteiger partial charge is 0.478 e. The molecule has 0 aromatic heterocycles. The predicted molar refractivity (Wildman–Crippen MR) is 58.2 cm³/mol. The molecule has 1 unspecified atom stereocenters. The number of fused-ring (bicyclic) bond motifs is 1. The molecule has 0 saturated heterocycles. The van der Waals surface area contributed by atoms with Crippen LogP contribution in [0.25, 0.3) is 0 Å². The van der Waals surface area contributed by atoms with Crippen molar-refractivity contribution in [1.29, 1.82) is 0 Å². The molecule has 0 bridgehead atoms. The number of hydrogen-bond donors (Lipinski definition) is 2. The van der Waals surface area contributed by atoms with E-state index in [0.29, 0.717) is 24.0 Å². The summed E-state index contributed by atoms with van der Waals surface area (Å²) in [6.45, 7) is 1.38. The summed E-state index contributed by atoms with van der Waals surface area (Å²) in [4.78, 5) is 22.0. The average molecular weight is 237 g/mol. The van der Waals surface area contributed by atoms with E-state index in [1.54, 1.807) is 0 Å². The van der Waals surface area contributed by atoms with Crippen molar-refractivity contribution < 1.29 is 19.1 Å². The maximum Gasteiger partial charge on any atom is 0.336 e. The van der Waals surface area contributed by atoms with Gasteiger partial charge in [0, 0.05) is 6.92 Å². The Bertz CT molecular complexity index is 499. The smallest absolute Gasteiger partial charge is 0.336 e. The van der Waals surface area contributed by atoms with Crippen LogP contribution >= 0.6 is 0 Å². The van der Waals surface area contributed by atoms with Gasteiger partial charge >= 0.3 is 5.97 Å². The van der Waals surface area contributed by atoms with Gasteiger partial charge in [0.25, 0.3) is 0 Å². The fourth-order valence-electron chi connectivity index (χ4n) is 2.28. The molecule has 4 nitrogen and oxygen atoms in total. The number of halogens is 1. The summed E-state index contributed by atoms with van der Waals surface area (Å²) in [5.74, 6) is -1.92. The molecule has 0 saturated carbocycles. The van der Waals surface area contributed by atoms with Gasteiger partial charge in [-0.2, -0.15) is 0 Å². The summed E-state index contributed by atoms with van der Waals surface area (Å²) in [5.41, 5.74) is 1.20. The first-order chi connectivity index (χ1) is 7.99. The maximum absolute atomic E-state index is 13.3. The highest BCUT2D eigenvalue weighted by atomic mass is 19.1. The Balaban J connectivity index is 2.46. The van der Waals surface area contributed by atoms with Crippen LogP contribution in [0.15, 0.2) is 12.1 Å². The van der Waals surface area contributed by atoms with E-state index in [9.17, 15) is 14.0 Å². The lowest BCUT2D eigenvalue weighted by atomic mass is 10.0. The Morgan fingerprint density at radius 3 is 2.76 bits per heavy atom. The van der Waals surface area contributed by atoms with Crippen LogP contribution in [0.4, 0.5) is 4.39 Å². The van der Waals surface area contributed by atoms with Gasteiger partial charge < -0.3 is 10.4 Å². The number of carbonyl (C=O) groups is 2. The van der Waals surface area contributed by atoms with E-state index in [4.69, 9.17) is 5.11 Å². The Morgan fingerprint density at radius 2 is 2.18 bits per heavy atom.